The molecule has 0 saturated carbocycles. The number of ether oxygens (including phenoxy) is 1. The van der Waals surface area contributed by atoms with Gasteiger partial charge in [-0.15, -0.1) is 0 Å². The van der Waals surface area contributed by atoms with Crippen molar-refractivity contribution in [3.63, 3.8) is 0 Å². The van der Waals surface area contributed by atoms with Crippen LogP contribution in [0.2, 0.25) is 0 Å². The van der Waals surface area contributed by atoms with Gasteiger partial charge in [0.05, 0.1) is 19.6 Å². The van der Waals surface area contributed by atoms with Crippen molar-refractivity contribution in [1.29, 1.82) is 0 Å². The van der Waals surface area contributed by atoms with Crippen LogP contribution in [0.3, 0.4) is 0 Å². The number of benzene rings is 1. The Morgan fingerprint density at radius 2 is 2.00 bits per heavy atom. The summed E-state index contributed by atoms with van der Waals surface area (Å²) in [5.41, 5.74) is 1.97. The first-order valence-corrected chi connectivity index (χ1v) is 8.94. The van der Waals surface area contributed by atoms with Gasteiger partial charge in [-0.1, -0.05) is 31.2 Å². The first-order chi connectivity index (χ1) is 13.2. The highest BCUT2D eigenvalue weighted by Crippen LogP contribution is 2.21. The fourth-order valence-electron chi connectivity index (χ4n) is 3.04. The van der Waals surface area contributed by atoms with Gasteiger partial charge >= 0.3 is 0 Å². The lowest BCUT2D eigenvalue weighted by atomic mass is 10.1. The lowest BCUT2D eigenvalue weighted by molar-refractivity contribution is -0.136. The van der Waals surface area contributed by atoms with E-state index in [1.54, 1.807) is 30.4 Å². The van der Waals surface area contributed by atoms with Gasteiger partial charge in [0, 0.05) is 43.4 Å². The maximum Gasteiger partial charge on any atom is 0.227 e. The summed E-state index contributed by atoms with van der Waals surface area (Å²) in [6.45, 7) is 3.44. The normalized spacial score (nSPS) is 11.8. The zero-order valence-electron chi connectivity index (χ0n) is 15.7. The van der Waals surface area contributed by atoms with E-state index in [4.69, 9.17) is 4.74 Å². The number of nitrogens with zero attached hydrogens (tertiary/aromatic N) is 4. The monoisotopic (exact) mass is 364 g/mol. The molecule has 0 fully saturated rings. The molecule has 3 rings (SSSR count). The van der Waals surface area contributed by atoms with E-state index in [1.165, 1.54) is 0 Å². The van der Waals surface area contributed by atoms with Crippen LogP contribution in [0.4, 0.5) is 0 Å². The van der Waals surface area contributed by atoms with Crippen LogP contribution in [0, 0.1) is 5.92 Å². The molecule has 1 unspecified atom stereocenters. The van der Waals surface area contributed by atoms with Crippen LogP contribution in [0.5, 0.6) is 5.75 Å². The number of methoxy groups -OCH3 is 1. The van der Waals surface area contributed by atoms with E-state index in [-0.39, 0.29) is 11.8 Å². The number of amides is 1. The smallest absolute Gasteiger partial charge is 0.227 e. The zero-order chi connectivity index (χ0) is 19.1. The highest BCUT2D eigenvalue weighted by Gasteiger charge is 2.22. The summed E-state index contributed by atoms with van der Waals surface area (Å²) in [4.78, 5) is 19.2. The standard InChI is InChI=1S/C21H24N4O2/c1-17(14-25-12-6-11-23-25)21(26)24(15-18-7-5-10-22-13-18)16-19-8-3-4-9-20(19)27-2/h3-13,17H,14-16H2,1-2H3. The van der Waals surface area contributed by atoms with Gasteiger partial charge in [-0.05, 0) is 23.8 Å². The Hall–Kier alpha value is -3.15. The molecule has 0 aliphatic heterocycles. The van der Waals surface area contributed by atoms with Gasteiger partial charge in [-0.2, -0.15) is 5.10 Å². The van der Waals surface area contributed by atoms with E-state index in [0.717, 1.165) is 16.9 Å². The fourth-order valence-corrected chi connectivity index (χ4v) is 3.04. The summed E-state index contributed by atoms with van der Waals surface area (Å²) in [6, 6.07) is 13.5. The molecular weight excluding hydrogens is 340 g/mol. The number of carbonyl (C=O) groups excluding carboxylic acids is 1. The van der Waals surface area contributed by atoms with Crippen molar-refractivity contribution in [1.82, 2.24) is 19.7 Å². The number of hydrogen-bond donors (Lipinski definition) is 0. The first-order valence-electron chi connectivity index (χ1n) is 8.94. The minimum absolute atomic E-state index is 0.0697. The van der Waals surface area contributed by atoms with Crippen LogP contribution >= 0.6 is 0 Å². The molecule has 3 aromatic rings. The topological polar surface area (TPSA) is 60.2 Å². The van der Waals surface area contributed by atoms with Crippen molar-refractivity contribution in [2.24, 2.45) is 5.92 Å². The van der Waals surface area contributed by atoms with Gasteiger partial charge in [0.1, 0.15) is 5.75 Å². The number of para-hydroxylation sites is 1. The summed E-state index contributed by atoms with van der Waals surface area (Å²) < 4.78 is 7.24. The maximum absolute atomic E-state index is 13.2. The predicted octanol–water partition coefficient (Wildman–Crippen LogP) is 3.15. The van der Waals surface area contributed by atoms with Crippen molar-refractivity contribution in [3.8, 4) is 5.75 Å². The molecule has 0 saturated heterocycles. The zero-order valence-corrected chi connectivity index (χ0v) is 15.7. The quantitative estimate of drug-likeness (QED) is 0.616. The number of carbonyl (C=O) groups is 1. The summed E-state index contributed by atoms with van der Waals surface area (Å²) in [5, 5.41) is 4.21. The van der Waals surface area contributed by atoms with E-state index in [0.29, 0.717) is 19.6 Å². The molecule has 140 valence electrons. The van der Waals surface area contributed by atoms with Crippen molar-refractivity contribution < 1.29 is 9.53 Å². The van der Waals surface area contributed by atoms with Gasteiger partial charge in [0.25, 0.3) is 0 Å². The highest BCUT2D eigenvalue weighted by molar-refractivity contribution is 5.78. The van der Waals surface area contributed by atoms with Crippen LogP contribution in [-0.4, -0.2) is 32.7 Å². The average molecular weight is 364 g/mol. The number of rotatable bonds is 8. The Labute approximate surface area is 159 Å². The predicted molar refractivity (Wildman–Crippen MR) is 103 cm³/mol. The van der Waals surface area contributed by atoms with Crippen LogP contribution < -0.4 is 4.74 Å². The lowest BCUT2D eigenvalue weighted by Gasteiger charge is -2.27. The molecular formula is C21H24N4O2. The minimum atomic E-state index is -0.198. The molecule has 1 atom stereocenters. The molecule has 1 aromatic carbocycles. The van der Waals surface area contributed by atoms with E-state index < -0.39 is 0 Å². The van der Waals surface area contributed by atoms with Crippen molar-refractivity contribution in [2.45, 2.75) is 26.6 Å². The van der Waals surface area contributed by atoms with Crippen LogP contribution in [0.25, 0.3) is 0 Å². The fraction of sp³-hybridized carbons (Fsp3) is 0.286. The van der Waals surface area contributed by atoms with Crippen LogP contribution in [0.1, 0.15) is 18.1 Å². The maximum atomic E-state index is 13.2. The Bertz CT molecular complexity index is 850. The largest absolute Gasteiger partial charge is 0.496 e. The number of hydrogen-bond acceptors (Lipinski definition) is 4. The third-order valence-electron chi connectivity index (χ3n) is 4.40. The molecule has 0 radical (unpaired) electrons. The highest BCUT2D eigenvalue weighted by atomic mass is 16.5. The van der Waals surface area contributed by atoms with Gasteiger partial charge in [-0.25, -0.2) is 0 Å². The molecule has 0 spiro atoms. The molecule has 27 heavy (non-hydrogen) atoms. The summed E-state index contributed by atoms with van der Waals surface area (Å²) in [5.74, 6) is 0.651. The molecule has 1 amide bonds. The molecule has 2 heterocycles. The minimum Gasteiger partial charge on any atom is -0.496 e. The SMILES string of the molecule is COc1ccccc1CN(Cc1cccnc1)C(=O)C(C)Cn1cccn1. The second kappa shape index (κ2) is 8.98. The molecule has 6 nitrogen and oxygen atoms in total. The first kappa shape index (κ1) is 18.6. The van der Waals surface area contributed by atoms with Gasteiger partial charge < -0.3 is 9.64 Å². The number of aromatic nitrogens is 3. The van der Waals surface area contributed by atoms with Crippen molar-refractivity contribution in [2.75, 3.05) is 7.11 Å². The van der Waals surface area contributed by atoms with Gasteiger partial charge in [0.15, 0.2) is 0 Å². The van der Waals surface area contributed by atoms with Crippen molar-refractivity contribution >= 4 is 5.91 Å². The third kappa shape index (κ3) is 4.94. The Morgan fingerprint density at radius 1 is 1.15 bits per heavy atom. The Balaban J connectivity index is 1.81. The second-order valence-corrected chi connectivity index (χ2v) is 6.50. The van der Waals surface area contributed by atoms with Gasteiger partial charge in [-0.3, -0.25) is 14.5 Å². The molecule has 6 heteroatoms. The van der Waals surface area contributed by atoms with Crippen molar-refractivity contribution in [3.05, 3.63) is 78.4 Å². The summed E-state index contributed by atoms with van der Waals surface area (Å²) >= 11 is 0. The Morgan fingerprint density at radius 3 is 2.70 bits per heavy atom. The van der Waals surface area contributed by atoms with E-state index in [1.807, 2.05) is 60.5 Å². The Kier molecular flexibility index (Phi) is 6.20. The van der Waals surface area contributed by atoms with E-state index >= 15 is 0 Å². The third-order valence-corrected chi connectivity index (χ3v) is 4.40. The number of pyridine rings is 1. The summed E-state index contributed by atoms with van der Waals surface area (Å²) in [7, 11) is 1.65. The molecule has 0 aliphatic rings. The van der Waals surface area contributed by atoms with Gasteiger partial charge in [0.2, 0.25) is 5.91 Å². The van der Waals surface area contributed by atoms with Crippen LogP contribution in [-0.2, 0) is 24.4 Å². The molecule has 0 aliphatic carbocycles. The lowest BCUT2D eigenvalue weighted by Crippen LogP contribution is -2.36. The summed E-state index contributed by atoms with van der Waals surface area (Å²) in [6.07, 6.45) is 7.12. The van der Waals surface area contributed by atoms with E-state index in [9.17, 15) is 4.79 Å². The average Bonchev–Trinajstić information content (AvgIpc) is 3.21. The second-order valence-electron chi connectivity index (χ2n) is 6.50. The van der Waals surface area contributed by atoms with Crippen LogP contribution in [0.15, 0.2) is 67.3 Å². The molecule has 0 bridgehead atoms. The molecule has 2 aromatic heterocycles. The van der Waals surface area contributed by atoms with E-state index in [2.05, 4.69) is 10.1 Å². The molecule has 0 N–H and O–H groups in total.